The Bertz CT molecular complexity index is 490. The largest absolute Gasteiger partial charge is 0.325 e. The first-order valence-corrected chi connectivity index (χ1v) is 9.36. The molecule has 0 unspecified atom stereocenters. The molecule has 0 radical (unpaired) electrons. The number of anilines is 1. The van der Waals surface area contributed by atoms with Crippen LogP contribution in [0.4, 0.5) is 5.69 Å². The van der Waals surface area contributed by atoms with Crippen LogP contribution < -0.4 is 5.32 Å². The lowest BCUT2D eigenvalue weighted by Crippen LogP contribution is -2.36. The summed E-state index contributed by atoms with van der Waals surface area (Å²) in [5.74, 6) is 0.0499. The molecule has 1 N–H and O–H groups in total. The fraction of sp³-hybridized carbons (Fsp3) is 0.562. The van der Waals surface area contributed by atoms with Crippen molar-refractivity contribution in [1.29, 1.82) is 0 Å². The van der Waals surface area contributed by atoms with Gasteiger partial charge in [-0.15, -0.1) is 0 Å². The molecule has 22 heavy (non-hydrogen) atoms. The van der Waals surface area contributed by atoms with Crippen LogP contribution in [0.5, 0.6) is 0 Å². The van der Waals surface area contributed by atoms with Crippen LogP contribution in [0.2, 0.25) is 0 Å². The number of hydrogen-bond donors (Lipinski definition) is 1. The Morgan fingerprint density at radius 2 is 1.73 bits per heavy atom. The Morgan fingerprint density at radius 1 is 1.09 bits per heavy atom. The lowest BCUT2D eigenvalue weighted by atomic mass is 10.3. The fourth-order valence-corrected chi connectivity index (χ4v) is 4.05. The third-order valence-electron chi connectivity index (χ3n) is 3.73. The standard InChI is InChI=1S/C16H23Br2N3O/c1-2-4-20-5-3-6-21(8-7-20)12-16(22)19-15-10-13(17)9-14(18)11-15/h9-11H,2-8,12H2,1H3,(H,19,22). The number of rotatable bonds is 5. The monoisotopic (exact) mass is 431 g/mol. The van der Waals surface area contributed by atoms with Gasteiger partial charge in [-0.25, -0.2) is 0 Å². The summed E-state index contributed by atoms with van der Waals surface area (Å²) >= 11 is 6.87. The highest BCUT2D eigenvalue weighted by Crippen LogP contribution is 2.23. The maximum absolute atomic E-state index is 12.2. The van der Waals surface area contributed by atoms with E-state index in [-0.39, 0.29) is 5.91 Å². The normalized spacial score (nSPS) is 17.2. The molecule has 0 aromatic heterocycles. The Labute approximate surface area is 149 Å². The topological polar surface area (TPSA) is 35.6 Å². The smallest absolute Gasteiger partial charge is 0.238 e. The molecule has 0 atom stereocenters. The second-order valence-corrected chi connectivity index (χ2v) is 7.51. The SMILES string of the molecule is CCCN1CCCN(CC(=O)Nc2cc(Br)cc(Br)c2)CC1. The molecule has 2 rings (SSSR count). The van der Waals surface area contributed by atoms with Crippen molar-refractivity contribution < 1.29 is 4.79 Å². The minimum Gasteiger partial charge on any atom is -0.325 e. The van der Waals surface area contributed by atoms with Gasteiger partial charge in [-0.05, 0) is 50.7 Å². The summed E-state index contributed by atoms with van der Waals surface area (Å²) in [4.78, 5) is 17.0. The van der Waals surface area contributed by atoms with E-state index < -0.39 is 0 Å². The maximum Gasteiger partial charge on any atom is 0.238 e. The minimum absolute atomic E-state index is 0.0499. The van der Waals surface area contributed by atoms with Gasteiger partial charge in [-0.2, -0.15) is 0 Å². The third kappa shape index (κ3) is 5.99. The molecular formula is C16H23Br2N3O. The van der Waals surface area contributed by atoms with Crippen LogP contribution in [-0.2, 0) is 4.79 Å². The van der Waals surface area contributed by atoms with Crippen molar-refractivity contribution in [1.82, 2.24) is 9.80 Å². The first-order valence-electron chi connectivity index (χ1n) is 7.77. The zero-order valence-electron chi connectivity index (χ0n) is 12.9. The van der Waals surface area contributed by atoms with E-state index in [4.69, 9.17) is 0 Å². The number of nitrogens with zero attached hydrogens (tertiary/aromatic N) is 2. The predicted molar refractivity (Wildman–Crippen MR) is 98.3 cm³/mol. The second-order valence-electron chi connectivity index (χ2n) is 5.68. The van der Waals surface area contributed by atoms with Crippen LogP contribution in [0.25, 0.3) is 0 Å². The van der Waals surface area contributed by atoms with Crippen molar-refractivity contribution in [2.45, 2.75) is 19.8 Å². The number of carbonyl (C=O) groups is 1. The molecule has 6 heteroatoms. The number of nitrogens with one attached hydrogen (secondary N) is 1. The number of halogens is 2. The van der Waals surface area contributed by atoms with E-state index in [0.717, 1.165) is 53.8 Å². The van der Waals surface area contributed by atoms with Gasteiger partial charge in [0.05, 0.1) is 6.54 Å². The average Bonchev–Trinajstić information content (AvgIpc) is 2.63. The predicted octanol–water partition coefficient (Wildman–Crippen LogP) is 3.57. The first kappa shape index (κ1) is 17.9. The van der Waals surface area contributed by atoms with Crippen molar-refractivity contribution in [2.75, 3.05) is 44.6 Å². The summed E-state index contributed by atoms with van der Waals surface area (Å²) in [7, 11) is 0. The van der Waals surface area contributed by atoms with Crippen LogP contribution in [-0.4, -0.2) is 55.0 Å². The molecule has 1 amide bonds. The van der Waals surface area contributed by atoms with Gasteiger partial charge >= 0.3 is 0 Å². The van der Waals surface area contributed by atoms with Crippen LogP contribution >= 0.6 is 31.9 Å². The van der Waals surface area contributed by atoms with Crippen LogP contribution in [0, 0.1) is 0 Å². The molecule has 1 saturated heterocycles. The molecule has 4 nitrogen and oxygen atoms in total. The van der Waals surface area contributed by atoms with Crippen molar-refractivity contribution in [3.63, 3.8) is 0 Å². The minimum atomic E-state index is 0.0499. The van der Waals surface area contributed by atoms with Crippen molar-refractivity contribution in [3.05, 3.63) is 27.1 Å². The number of hydrogen-bond acceptors (Lipinski definition) is 3. The third-order valence-corrected chi connectivity index (χ3v) is 4.65. The molecular weight excluding hydrogens is 410 g/mol. The van der Waals surface area contributed by atoms with Crippen LogP contribution in [0.15, 0.2) is 27.1 Å². The van der Waals surface area contributed by atoms with E-state index in [9.17, 15) is 4.79 Å². The van der Waals surface area contributed by atoms with E-state index in [1.54, 1.807) is 0 Å². The van der Waals surface area contributed by atoms with Crippen molar-refractivity contribution in [3.8, 4) is 0 Å². The van der Waals surface area contributed by atoms with Gasteiger partial charge in [0.1, 0.15) is 0 Å². The van der Waals surface area contributed by atoms with Gasteiger partial charge in [0.2, 0.25) is 5.91 Å². The molecule has 1 aliphatic heterocycles. The highest BCUT2D eigenvalue weighted by atomic mass is 79.9. The Hall–Kier alpha value is -0.430. The molecule has 0 saturated carbocycles. The summed E-state index contributed by atoms with van der Waals surface area (Å²) in [5.41, 5.74) is 0.814. The van der Waals surface area contributed by atoms with E-state index >= 15 is 0 Å². The fourth-order valence-electron chi connectivity index (χ4n) is 2.75. The molecule has 1 heterocycles. The number of carbonyl (C=O) groups excluding carboxylic acids is 1. The molecule has 0 bridgehead atoms. The van der Waals surface area contributed by atoms with E-state index in [0.29, 0.717) is 6.54 Å². The van der Waals surface area contributed by atoms with Crippen LogP contribution in [0.1, 0.15) is 19.8 Å². The van der Waals surface area contributed by atoms with Crippen molar-refractivity contribution in [2.24, 2.45) is 0 Å². The highest BCUT2D eigenvalue weighted by Gasteiger charge is 2.16. The molecule has 1 aromatic carbocycles. The first-order chi connectivity index (χ1) is 10.6. The van der Waals surface area contributed by atoms with E-state index in [1.165, 1.54) is 6.42 Å². The quantitative estimate of drug-likeness (QED) is 0.772. The summed E-state index contributed by atoms with van der Waals surface area (Å²) in [6.45, 7) is 8.00. The summed E-state index contributed by atoms with van der Waals surface area (Å²) in [6, 6.07) is 5.77. The molecule has 1 fully saturated rings. The molecule has 1 aromatic rings. The molecule has 0 aliphatic carbocycles. The highest BCUT2D eigenvalue weighted by molar-refractivity contribution is 9.11. The Kier molecular flexibility index (Phi) is 7.34. The number of benzene rings is 1. The van der Waals surface area contributed by atoms with Gasteiger partial charge in [-0.1, -0.05) is 38.8 Å². The van der Waals surface area contributed by atoms with Gasteiger partial charge in [-0.3, -0.25) is 9.69 Å². The van der Waals surface area contributed by atoms with E-state index in [1.807, 2.05) is 18.2 Å². The summed E-state index contributed by atoms with van der Waals surface area (Å²) < 4.78 is 1.89. The average molecular weight is 433 g/mol. The number of amides is 1. The maximum atomic E-state index is 12.2. The lowest BCUT2D eigenvalue weighted by molar-refractivity contribution is -0.117. The molecule has 122 valence electrons. The van der Waals surface area contributed by atoms with Crippen LogP contribution in [0.3, 0.4) is 0 Å². The molecule has 0 spiro atoms. The van der Waals surface area contributed by atoms with Gasteiger partial charge in [0.25, 0.3) is 0 Å². The summed E-state index contributed by atoms with van der Waals surface area (Å²) in [5, 5.41) is 2.97. The van der Waals surface area contributed by atoms with Crippen molar-refractivity contribution >= 4 is 43.5 Å². The Morgan fingerprint density at radius 3 is 2.41 bits per heavy atom. The van der Waals surface area contributed by atoms with Gasteiger partial charge < -0.3 is 10.2 Å². The molecule has 1 aliphatic rings. The lowest BCUT2D eigenvalue weighted by Gasteiger charge is -2.21. The van der Waals surface area contributed by atoms with E-state index in [2.05, 4.69) is 53.9 Å². The second kappa shape index (κ2) is 9.01. The zero-order chi connectivity index (χ0) is 15.9. The summed E-state index contributed by atoms with van der Waals surface area (Å²) in [6.07, 6.45) is 2.33. The van der Waals surface area contributed by atoms with Gasteiger partial charge in [0, 0.05) is 27.7 Å². The Balaban J connectivity index is 1.84. The zero-order valence-corrected chi connectivity index (χ0v) is 16.1. The van der Waals surface area contributed by atoms with Gasteiger partial charge in [0.15, 0.2) is 0 Å².